The number of carboxylic acids is 1. The molecule has 21 heavy (non-hydrogen) atoms. The number of likely N-dealkylation sites (N-methyl/N-ethyl adjacent to an activating group) is 1. The van der Waals surface area contributed by atoms with Crippen molar-refractivity contribution in [3.05, 3.63) is 40.4 Å². The highest BCUT2D eigenvalue weighted by Crippen LogP contribution is 2.20. The number of hydrogen-bond acceptors (Lipinski definition) is 3. The lowest BCUT2D eigenvalue weighted by Gasteiger charge is -2.32. The molecule has 1 amide bonds. The van der Waals surface area contributed by atoms with Crippen molar-refractivity contribution in [2.45, 2.75) is 0 Å². The van der Waals surface area contributed by atoms with Crippen LogP contribution in [-0.4, -0.2) is 60.0 Å². The fourth-order valence-electron chi connectivity index (χ4n) is 2.15. The van der Waals surface area contributed by atoms with Gasteiger partial charge in [-0.1, -0.05) is 17.7 Å². The normalized spacial score (nSPS) is 16.4. The van der Waals surface area contributed by atoms with Gasteiger partial charge in [0.05, 0.1) is 0 Å². The molecule has 1 aliphatic heterocycles. The van der Waals surface area contributed by atoms with Gasteiger partial charge in [-0.05, 0) is 30.8 Å². The number of carbonyl (C=O) groups is 2. The molecule has 0 unspecified atom stereocenters. The zero-order valence-corrected chi connectivity index (χ0v) is 12.5. The zero-order chi connectivity index (χ0) is 15.4. The molecular weight excluding hydrogens is 292 g/mol. The third-order valence-electron chi connectivity index (χ3n) is 3.44. The van der Waals surface area contributed by atoms with Crippen LogP contribution < -0.4 is 0 Å². The van der Waals surface area contributed by atoms with Gasteiger partial charge in [0.15, 0.2) is 0 Å². The average molecular weight is 309 g/mol. The second-order valence-corrected chi connectivity index (χ2v) is 5.41. The molecule has 0 saturated carbocycles. The maximum absolute atomic E-state index is 12.4. The van der Waals surface area contributed by atoms with Crippen molar-refractivity contribution in [2.75, 3.05) is 33.2 Å². The van der Waals surface area contributed by atoms with Crippen LogP contribution in [0.5, 0.6) is 0 Å². The highest BCUT2D eigenvalue weighted by molar-refractivity contribution is 6.32. The predicted octanol–water partition coefficient (Wildman–Crippen LogP) is 1.83. The van der Waals surface area contributed by atoms with Crippen molar-refractivity contribution in [1.82, 2.24) is 9.80 Å². The Kier molecular flexibility index (Phi) is 4.98. The average Bonchev–Trinajstić information content (AvgIpc) is 2.46. The van der Waals surface area contributed by atoms with Crippen molar-refractivity contribution in [3.8, 4) is 0 Å². The maximum atomic E-state index is 12.4. The van der Waals surface area contributed by atoms with Gasteiger partial charge < -0.3 is 14.9 Å². The molecule has 0 bridgehead atoms. The first-order chi connectivity index (χ1) is 9.97. The summed E-state index contributed by atoms with van der Waals surface area (Å²) >= 11 is 6.10. The number of amides is 1. The number of aliphatic carboxylic acids is 1. The Labute approximate surface area is 128 Å². The number of carboxylic acid groups (broad SMARTS) is 1. The molecule has 1 saturated heterocycles. The fourth-order valence-corrected chi connectivity index (χ4v) is 2.39. The number of rotatable bonds is 3. The van der Waals surface area contributed by atoms with E-state index < -0.39 is 5.97 Å². The van der Waals surface area contributed by atoms with E-state index in [0.717, 1.165) is 19.2 Å². The number of halogens is 1. The van der Waals surface area contributed by atoms with E-state index in [1.54, 1.807) is 23.1 Å². The summed E-state index contributed by atoms with van der Waals surface area (Å²) in [5.41, 5.74) is 1.10. The summed E-state index contributed by atoms with van der Waals surface area (Å²) in [5, 5.41) is 8.97. The molecule has 1 aromatic rings. The molecule has 1 N–H and O–H groups in total. The van der Waals surface area contributed by atoms with Crippen molar-refractivity contribution in [1.29, 1.82) is 0 Å². The number of hydrogen-bond donors (Lipinski definition) is 1. The van der Waals surface area contributed by atoms with Gasteiger partial charge >= 0.3 is 5.97 Å². The first-order valence-corrected chi connectivity index (χ1v) is 7.03. The van der Waals surface area contributed by atoms with E-state index in [-0.39, 0.29) is 5.91 Å². The molecule has 6 heteroatoms. The summed E-state index contributed by atoms with van der Waals surface area (Å²) in [6.45, 7) is 3.12. The van der Waals surface area contributed by atoms with E-state index in [4.69, 9.17) is 16.7 Å². The standard InChI is InChI=1S/C15H17ClN2O3/c1-17-6-8-18(9-7-17)15(21)12-3-2-11(13(16)10-12)4-5-14(19)20/h2-5,10H,6-9H2,1H3,(H,19,20)/b5-4+. The van der Waals surface area contributed by atoms with Crippen LogP contribution in [0.3, 0.4) is 0 Å². The number of carbonyl (C=O) groups excluding carboxylic acids is 1. The van der Waals surface area contributed by atoms with Crippen LogP contribution in [0.1, 0.15) is 15.9 Å². The molecule has 112 valence electrons. The third-order valence-corrected chi connectivity index (χ3v) is 3.77. The number of piperazine rings is 1. The highest BCUT2D eigenvalue weighted by Gasteiger charge is 2.20. The number of nitrogens with zero attached hydrogens (tertiary/aromatic N) is 2. The molecule has 0 aromatic heterocycles. The molecule has 1 aromatic carbocycles. The summed E-state index contributed by atoms with van der Waals surface area (Å²) in [6.07, 6.45) is 2.43. The van der Waals surface area contributed by atoms with Gasteiger partial charge in [0.25, 0.3) is 5.91 Å². The molecule has 0 radical (unpaired) electrons. The molecule has 1 fully saturated rings. The second kappa shape index (κ2) is 6.74. The summed E-state index contributed by atoms with van der Waals surface area (Å²) in [7, 11) is 2.03. The van der Waals surface area contributed by atoms with Crippen molar-refractivity contribution < 1.29 is 14.7 Å². The van der Waals surface area contributed by atoms with Crippen LogP contribution in [0.25, 0.3) is 6.08 Å². The summed E-state index contributed by atoms with van der Waals surface area (Å²) in [5.74, 6) is -1.08. The zero-order valence-electron chi connectivity index (χ0n) is 11.8. The van der Waals surface area contributed by atoms with Crippen LogP contribution >= 0.6 is 11.6 Å². The Morgan fingerprint density at radius 1 is 1.24 bits per heavy atom. The Morgan fingerprint density at radius 3 is 2.48 bits per heavy atom. The van der Waals surface area contributed by atoms with Gasteiger partial charge in [0.2, 0.25) is 0 Å². The van der Waals surface area contributed by atoms with E-state index >= 15 is 0 Å². The summed E-state index contributed by atoms with van der Waals surface area (Å²) in [6, 6.07) is 4.92. The molecule has 1 aliphatic rings. The Bertz CT molecular complexity index is 578. The third kappa shape index (κ3) is 4.06. The fraction of sp³-hybridized carbons (Fsp3) is 0.333. The minimum absolute atomic E-state index is 0.0428. The summed E-state index contributed by atoms with van der Waals surface area (Å²) < 4.78 is 0. The smallest absolute Gasteiger partial charge is 0.328 e. The van der Waals surface area contributed by atoms with Gasteiger partial charge in [0.1, 0.15) is 0 Å². The quantitative estimate of drug-likeness (QED) is 0.865. The number of benzene rings is 1. The van der Waals surface area contributed by atoms with E-state index in [1.165, 1.54) is 6.08 Å². The van der Waals surface area contributed by atoms with Crippen LogP contribution in [-0.2, 0) is 4.79 Å². The van der Waals surface area contributed by atoms with Gasteiger partial charge in [-0.25, -0.2) is 4.79 Å². The van der Waals surface area contributed by atoms with Crippen LogP contribution in [0.15, 0.2) is 24.3 Å². The van der Waals surface area contributed by atoms with Crippen molar-refractivity contribution in [2.24, 2.45) is 0 Å². The molecule has 0 spiro atoms. The predicted molar refractivity (Wildman–Crippen MR) is 81.5 cm³/mol. The first-order valence-electron chi connectivity index (χ1n) is 6.66. The lowest BCUT2D eigenvalue weighted by Crippen LogP contribution is -2.47. The molecule has 0 aliphatic carbocycles. The SMILES string of the molecule is CN1CCN(C(=O)c2ccc(/C=C/C(=O)O)c(Cl)c2)CC1. The first kappa shape index (κ1) is 15.5. The largest absolute Gasteiger partial charge is 0.478 e. The van der Waals surface area contributed by atoms with Gasteiger partial charge in [-0.3, -0.25) is 4.79 Å². The molecule has 1 heterocycles. The topological polar surface area (TPSA) is 60.9 Å². The minimum atomic E-state index is -1.04. The van der Waals surface area contributed by atoms with E-state index in [2.05, 4.69) is 4.90 Å². The van der Waals surface area contributed by atoms with Crippen LogP contribution in [0, 0.1) is 0 Å². The monoisotopic (exact) mass is 308 g/mol. The highest BCUT2D eigenvalue weighted by atomic mass is 35.5. The van der Waals surface area contributed by atoms with Gasteiger partial charge in [0, 0.05) is 42.8 Å². The lowest BCUT2D eigenvalue weighted by atomic mass is 10.1. The van der Waals surface area contributed by atoms with Crippen LogP contribution in [0.4, 0.5) is 0 Å². The Hall–Kier alpha value is -1.85. The van der Waals surface area contributed by atoms with E-state index in [1.807, 2.05) is 7.05 Å². The van der Waals surface area contributed by atoms with Crippen LogP contribution in [0.2, 0.25) is 5.02 Å². The summed E-state index contributed by atoms with van der Waals surface area (Å²) in [4.78, 5) is 26.9. The molecule has 5 nitrogen and oxygen atoms in total. The van der Waals surface area contributed by atoms with Crippen molar-refractivity contribution in [3.63, 3.8) is 0 Å². The van der Waals surface area contributed by atoms with Gasteiger partial charge in [-0.15, -0.1) is 0 Å². The minimum Gasteiger partial charge on any atom is -0.478 e. The molecular formula is C15H17ClN2O3. The Morgan fingerprint density at radius 2 is 1.90 bits per heavy atom. The van der Waals surface area contributed by atoms with Gasteiger partial charge in [-0.2, -0.15) is 0 Å². The lowest BCUT2D eigenvalue weighted by molar-refractivity contribution is -0.131. The molecule has 2 rings (SSSR count). The van der Waals surface area contributed by atoms with E-state index in [9.17, 15) is 9.59 Å². The molecule has 0 atom stereocenters. The van der Waals surface area contributed by atoms with E-state index in [0.29, 0.717) is 29.2 Å². The Balaban J connectivity index is 2.12. The van der Waals surface area contributed by atoms with Crippen molar-refractivity contribution >= 4 is 29.6 Å². The second-order valence-electron chi connectivity index (χ2n) is 5.00. The maximum Gasteiger partial charge on any atom is 0.328 e.